The van der Waals surface area contributed by atoms with E-state index in [4.69, 9.17) is 0 Å². The fraction of sp³-hybridized carbons (Fsp3) is 0.467. The number of aromatic carboxylic acids is 1. The molecule has 1 aromatic carbocycles. The molecule has 1 aliphatic rings. The highest BCUT2D eigenvalue weighted by atomic mass is 16.4. The Bertz CT molecular complexity index is 746. The number of carbonyl (C=O) groups is 1. The summed E-state index contributed by atoms with van der Waals surface area (Å²) in [6.07, 6.45) is 1.69. The predicted octanol–water partition coefficient (Wildman–Crippen LogP) is 1.68. The summed E-state index contributed by atoms with van der Waals surface area (Å²) < 4.78 is 1.64. The fourth-order valence-corrected chi connectivity index (χ4v) is 3.20. The quantitative estimate of drug-likeness (QED) is 0.881. The molecule has 1 saturated heterocycles. The molecule has 2 atom stereocenters. The number of fused-ring (bicyclic) bond motifs is 1. The van der Waals surface area contributed by atoms with Crippen LogP contribution in [0.25, 0.3) is 11.0 Å². The van der Waals surface area contributed by atoms with Crippen LogP contribution in [0.15, 0.2) is 23.0 Å². The van der Waals surface area contributed by atoms with Crippen LogP contribution in [0.1, 0.15) is 36.2 Å². The van der Waals surface area contributed by atoms with Gasteiger partial charge in [0.05, 0.1) is 16.6 Å². The molecular formula is C15H19N3O3. The van der Waals surface area contributed by atoms with Gasteiger partial charge in [-0.15, -0.1) is 0 Å². The summed E-state index contributed by atoms with van der Waals surface area (Å²) in [5.74, 6) is -1.01. The van der Waals surface area contributed by atoms with Gasteiger partial charge in [0.2, 0.25) is 0 Å². The number of hydrogen-bond acceptors (Lipinski definition) is 3. The third-order valence-corrected chi connectivity index (χ3v) is 4.51. The van der Waals surface area contributed by atoms with Gasteiger partial charge in [-0.3, -0.25) is 4.57 Å². The predicted molar refractivity (Wildman–Crippen MR) is 79.9 cm³/mol. The number of aromatic amines is 1. The number of carboxylic acids is 1. The molecule has 2 aromatic rings. The number of benzene rings is 1. The molecule has 2 heterocycles. The largest absolute Gasteiger partial charge is 0.478 e. The van der Waals surface area contributed by atoms with Crippen LogP contribution in [0, 0.1) is 0 Å². The lowest BCUT2D eigenvalue weighted by Gasteiger charge is -2.35. The minimum atomic E-state index is -1.01. The zero-order valence-electron chi connectivity index (χ0n) is 12.2. The molecule has 0 bridgehead atoms. The van der Waals surface area contributed by atoms with E-state index in [0.717, 1.165) is 19.4 Å². The lowest BCUT2D eigenvalue weighted by molar-refractivity contribution is 0.0698. The summed E-state index contributed by atoms with van der Waals surface area (Å²) in [7, 11) is 2.07. The van der Waals surface area contributed by atoms with Crippen LogP contribution in [0.3, 0.4) is 0 Å². The standard InChI is InChI=1S/C15H19N3O3/c1-9-8-10(6-7-17(9)2)18-13-11(14(19)20)4-3-5-12(13)16-15(18)21/h3-5,9-10H,6-8H2,1-2H3,(H,16,21)(H,19,20). The van der Waals surface area contributed by atoms with Crippen molar-refractivity contribution in [2.45, 2.75) is 31.8 Å². The number of piperidine rings is 1. The zero-order valence-corrected chi connectivity index (χ0v) is 12.2. The molecular weight excluding hydrogens is 270 g/mol. The number of nitrogens with one attached hydrogen (secondary N) is 1. The monoisotopic (exact) mass is 289 g/mol. The Balaban J connectivity index is 2.16. The fourth-order valence-electron chi connectivity index (χ4n) is 3.20. The van der Waals surface area contributed by atoms with E-state index in [1.807, 2.05) is 0 Å². The highest BCUT2D eigenvalue weighted by molar-refractivity contribution is 6.01. The number of likely N-dealkylation sites (tertiary alicyclic amines) is 1. The number of H-pyrrole nitrogens is 1. The van der Waals surface area contributed by atoms with Crippen molar-refractivity contribution in [1.82, 2.24) is 14.5 Å². The van der Waals surface area contributed by atoms with Gasteiger partial charge in [-0.2, -0.15) is 0 Å². The smallest absolute Gasteiger partial charge is 0.337 e. The number of rotatable bonds is 2. The molecule has 112 valence electrons. The van der Waals surface area contributed by atoms with Crippen LogP contribution in [0.2, 0.25) is 0 Å². The molecule has 1 aromatic heterocycles. The van der Waals surface area contributed by atoms with Gasteiger partial charge >= 0.3 is 11.7 Å². The molecule has 2 unspecified atom stereocenters. The summed E-state index contributed by atoms with van der Waals surface area (Å²) in [5.41, 5.74) is 1.06. The molecule has 0 radical (unpaired) electrons. The molecule has 3 rings (SSSR count). The second-order valence-electron chi connectivity index (χ2n) is 5.81. The minimum Gasteiger partial charge on any atom is -0.478 e. The summed E-state index contributed by atoms with van der Waals surface area (Å²) in [4.78, 5) is 28.8. The van der Waals surface area contributed by atoms with Crippen molar-refractivity contribution in [2.75, 3.05) is 13.6 Å². The molecule has 0 amide bonds. The maximum absolute atomic E-state index is 12.3. The van der Waals surface area contributed by atoms with Crippen molar-refractivity contribution in [3.05, 3.63) is 34.2 Å². The minimum absolute atomic E-state index is 0.0398. The first-order valence-electron chi connectivity index (χ1n) is 7.16. The Morgan fingerprint density at radius 1 is 1.43 bits per heavy atom. The molecule has 1 aliphatic heterocycles. The van der Waals surface area contributed by atoms with Crippen LogP contribution < -0.4 is 5.69 Å². The molecule has 6 heteroatoms. The number of nitrogens with zero attached hydrogens (tertiary/aromatic N) is 2. The van der Waals surface area contributed by atoms with Gasteiger partial charge in [0, 0.05) is 18.6 Å². The van der Waals surface area contributed by atoms with Crippen LogP contribution >= 0.6 is 0 Å². The van der Waals surface area contributed by atoms with Crippen molar-refractivity contribution in [3.8, 4) is 0 Å². The number of carboxylic acid groups (broad SMARTS) is 1. The van der Waals surface area contributed by atoms with E-state index in [0.29, 0.717) is 17.1 Å². The van der Waals surface area contributed by atoms with Crippen molar-refractivity contribution >= 4 is 17.0 Å². The molecule has 0 spiro atoms. The zero-order chi connectivity index (χ0) is 15.1. The van der Waals surface area contributed by atoms with Gasteiger partial charge in [0.25, 0.3) is 0 Å². The molecule has 0 aliphatic carbocycles. The topological polar surface area (TPSA) is 78.3 Å². The van der Waals surface area contributed by atoms with Crippen molar-refractivity contribution < 1.29 is 9.90 Å². The third-order valence-electron chi connectivity index (χ3n) is 4.51. The number of hydrogen-bond donors (Lipinski definition) is 2. The Labute approximate surface area is 122 Å². The van der Waals surface area contributed by atoms with Crippen LogP contribution in [-0.4, -0.2) is 45.2 Å². The molecule has 6 nitrogen and oxygen atoms in total. The third kappa shape index (κ3) is 2.25. The highest BCUT2D eigenvalue weighted by Gasteiger charge is 2.27. The molecule has 0 saturated carbocycles. The van der Waals surface area contributed by atoms with E-state index < -0.39 is 5.97 Å². The Morgan fingerprint density at radius 2 is 2.19 bits per heavy atom. The van der Waals surface area contributed by atoms with Crippen LogP contribution in [0.5, 0.6) is 0 Å². The van der Waals surface area contributed by atoms with E-state index in [-0.39, 0.29) is 17.3 Å². The summed E-state index contributed by atoms with van der Waals surface area (Å²) in [6, 6.07) is 5.37. The van der Waals surface area contributed by atoms with Crippen molar-refractivity contribution in [3.63, 3.8) is 0 Å². The second kappa shape index (κ2) is 5.04. The summed E-state index contributed by atoms with van der Waals surface area (Å²) in [6.45, 7) is 3.03. The molecule has 21 heavy (non-hydrogen) atoms. The lowest BCUT2D eigenvalue weighted by Crippen LogP contribution is -2.40. The normalized spacial score (nSPS) is 23.5. The van der Waals surface area contributed by atoms with E-state index >= 15 is 0 Å². The highest BCUT2D eigenvalue weighted by Crippen LogP contribution is 2.29. The van der Waals surface area contributed by atoms with E-state index in [9.17, 15) is 14.7 Å². The molecule has 2 N–H and O–H groups in total. The second-order valence-corrected chi connectivity index (χ2v) is 5.81. The Kier molecular flexibility index (Phi) is 3.33. The van der Waals surface area contributed by atoms with Gasteiger partial charge < -0.3 is 15.0 Å². The maximum Gasteiger partial charge on any atom is 0.337 e. The average Bonchev–Trinajstić information content (AvgIpc) is 2.77. The lowest BCUT2D eigenvalue weighted by atomic mass is 9.98. The number of imidazole rings is 1. The number of para-hydroxylation sites is 1. The first-order valence-corrected chi connectivity index (χ1v) is 7.16. The van der Waals surface area contributed by atoms with Gasteiger partial charge in [0.15, 0.2) is 0 Å². The maximum atomic E-state index is 12.3. The van der Waals surface area contributed by atoms with Gasteiger partial charge in [0.1, 0.15) is 0 Å². The first-order chi connectivity index (χ1) is 9.99. The number of aromatic nitrogens is 2. The van der Waals surface area contributed by atoms with Crippen molar-refractivity contribution in [2.24, 2.45) is 0 Å². The van der Waals surface area contributed by atoms with Crippen LogP contribution in [0.4, 0.5) is 0 Å². The summed E-state index contributed by atoms with van der Waals surface area (Å²) >= 11 is 0. The molecule has 1 fully saturated rings. The van der Waals surface area contributed by atoms with E-state index in [1.165, 1.54) is 0 Å². The van der Waals surface area contributed by atoms with Crippen molar-refractivity contribution in [1.29, 1.82) is 0 Å². The van der Waals surface area contributed by atoms with Crippen LogP contribution in [-0.2, 0) is 0 Å². The van der Waals surface area contributed by atoms with Gasteiger partial charge in [-0.1, -0.05) is 6.07 Å². The first kappa shape index (κ1) is 13.9. The average molecular weight is 289 g/mol. The Morgan fingerprint density at radius 3 is 2.86 bits per heavy atom. The summed E-state index contributed by atoms with van der Waals surface area (Å²) in [5, 5.41) is 9.37. The van der Waals surface area contributed by atoms with E-state index in [2.05, 4.69) is 23.9 Å². The SMILES string of the molecule is CC1CC(n2c(=O)[nH]c3cccc(C(=O)O)c32)CCN1C. The Hall–Kier alpha value is -2.08. The van der Waals surface area contributed by atoms with Gasteiger partial charge in [-0.05, 0) is 38.9 Å². The van der Waals surface area contributed by atoms with Gasteiger partial charge in [-0.25, -0.2) is 9.59 Å². The van der Waals surface area contributed by atoms with E-state index in [1.54, 1.807) is 22.8 Å².